The molecule has 0 aliphatic carbocycles. The van der Waals surface area contributed by atoms with Crippen LogP contribution in [0.4, 0.5) is 5.69 Å². The average molecular weight is 337 g/mol. The van der Waals surface area contributed by atoms with Gasteiger partial charge in [-0.3, -0.25) is 14.8 Å². The van der Waals surface area contributed by atoms with Gasteiger partial charge in [0.05, 0.1) is 11.4 Å². The summed E-state index contributed by atoms with van der Waals surface area (Å²) in [4.78, 5) is 25.0. The van der Waals surface area contributed by atoms with E-state index in [2.05, 4.69) is 25.4 Å². The predicted molar refractivity (Wildman–Crippen MR) is 92.9 cm³/mol. The van der Waals surface area contributed by atoms with Gasteiger partial charge in [0.1, 0.15) is 5.69 Å². The monoisotopic (exact) mass is 337 g/mol. The van der Waals surface area contributed by atoms with Crippen molar-refractivity contribution < 1.29 is 9.32 Å². The molecule has 7 heteroatoms. The van der Waals surface area contributed by atoms with Crippen LogP contribution in [-0.4, -0.2) is 26.0 Å². The molecule has 3 aromatic rings. The molecule has 0 spiro atoms. The largest absolute Gasteiger partial charge is 0.339 e. The molecule has 1 amide bonds. The Bertz CT molecular complexity index is 866. The first-order valence-corrected chi connectivity index (χ1v) is 8.01. The second kappa shape index (κ2) is 7.21. The van der Waals surface area contributed by atoms with E-state index in [9.17, 15) is 4.79 Å². The number of carbonyl (C=O) groups excluding carboxylic acids is 1. The Morgan fingerprint density at radius 1 is 1.20 bits per heavy atom. The van der Waals surface area contributed by atoms with Gasteiger partial charge in [0.25, 0.3) is 0 Å². The Kier molecular flexibility index (Phi) is 4.83. The number of pyridine rings is 2. The second-order valence-electron chi connectivity index (χ2n) is 5.82. The van der Waals surface area contributed by atoms with E-state index >= 15 is 0 Å². The quantitative estimate of drug-likeness (QED) is 0.769. The van der Waals surface area contributed by atoms with Crippen LogP contribution in [0.3, 0.4) is 0 Å². The minimum atomic E-state index is -0.116. The number of hydrogen-bond acceptors (Lipinski definition) is 6. The SMILES string of the molecule is Cc1cc(C)c(NC(=O)CCc2nc(-c3ccccn3)no2)c(C)n1. The fourth-order valence-corrected chi connectivity index (χ4v) is 2.59. The predicted octanol–water partition coefficient (Wildman–Crippen LogP) is 3.02. The fourth-order valence-electron chi connectivity index (χ4n) is 2.59. The van der Waals surface area contributed by atoms with Gasteiger partial charge in [0, 0.05) is 24.7 Å². The van der Waals surface area contributed by atoms with Crippen LogP contribution in [0.15, 0.2) is 35.0 Å². The molecule has 0 aliphatic heterocycles. The Balaban J connectivity index is 1.61. The van der Waals surface area contributed by atoms with E-state index in [0.29, 0.717) is 23.8 Å². The van der Waals surface area contributed by atoms with Crippen molar-refractivity contribution in [2.75, 3.05) is 5.32 Å². The fraction of sp³-hybridized carbons (Fsp3) is 0.278. The number of rotatable bonds is 5. The molecule has 0 fully saturated rings. The van der Waals surface area contributed by atoms with Crippen LogP contribution in [0.25, 0.3) is 11.5 Å². The molecule has 0 saturated carbocycles. The molecule has 0 unspecified atom stereocenters. The maximum atomic E-state index is 12.2. The highest BCUT2D eigenvalue weighted by Gasteiger charge is 2.13. The van der Waals surface area contributed by atoms with Crippen molar-refractivity contribution >= 4 is 11.6 Å². The van der Waals surface area contributed by atoms with Crippen LogP contribution in [0.1, 0.15) is 29.3 Å². The maximum absolute atomic E-state index is 12.2. The normalized spacial score (nSPS) is 10.7. The van der Waals surface area contributed by atoms with Gasteiger partial charge >= 0.3 is 0 Å². The first-order chi connectivity index (χ1) is 12.0. The van der Waals surface area contributed by atoms with Crippen molar-refractivity contribution in [2.24, 2.45) is 0 Å². The molecule has 7 nitrogen and oxygen atoms in total. The van der Waals surface area contributed by atoms with Crippen molar-refractivity contribution in [1.29, 1.82) is 0 Å². The molecular weight excluding hydrogens is 318 g/mol. The van der Waals surface area contributed by atoms with Crippen molar-refractivity contribution in [3.05, 3.63) is 53.3 Å². The van der Waals surface area contributed by atoms with Crippen molar-refractivity contribution in [3.63, 3.8) is 0 Å². The summed E-state index contributed by atoms with van der Waals surface area (Å²) < 4.78 is 5.19. The van der Waals surface area contributed by atoms with Crippen LogP contribution >= 0.6 is 0 Å². The van der Waals surface area contributed by atoms with Gasteiger partial charge in [-0.2, -0.15) is 4.98 Å². The highest BCUT2D eigenvalue weighted by molar-refractivity contribution is 5.92. The number of aryl methyl sites for hydroxylation is 4. The molecule has 0 atom stereocenters. The summed E-state index contributed by atoms with van der Waals surface area (Å²) in [6, 6.07) is 7.42. The molecule has 3 rings (SSSR count). The standard InChI is InChI=1S/C18H19N5O2/c1-11-10-12(2)20-13(3)17(11)21-15(24)7-8-16-22-18(23-25-16)14-6-4-5-9-19-14/h4-6,9-10H,7-8H2,1-3H3,(H,21,24). The summed E-state index contributed by atoms with van der Waals surface area (Å²) in [7, 11) is 0. The number of carbonyl (C=O) groups is 1. The smallest absolute Gasteiger partial charge is 0.227 e. The molecular formula is C18H19N5O2. The molecule has 25 heavy (non-hydrogen) atoms. The van der Waals surface area contributed by atoms with Gasteiger partial charge in [-0.15, -0.1) is 0 Å². The first-order valence-electron chi connectivity index (χ1n) is 8.01. The summed E-state index contributed by atoms with van der Waals surface area (Å²) in [6.45, 7) is 5.77. The average Bonchev–Trinajstić information content (AvgIpc) is 3.06. The number of aromatic nitrogens is 4. The van der Waals surface area contributed by atoms with Crippen LogP contribution in [0.2, 0.25) is 0 Å². The molecule has 1 N–H and O–H groups in total. The van der Waals surface area contributed by atoms with Gasteiger partial charge in [0.15, 0.2) is 0 Å². The highest BCUT2D eigenvalue weighted by atomic mass is 16.5. The molecule has 0 bridgehead atoms. The highest BCUT2D eigenvalue weighted by Crippen LogP contribution is 2.19. The summed E-state index contributed by atoms with van der Waals surface area (Å²) in [6.07, 6.45) is 2.28. The minimum absolute atomic E-state index is 0.116. The Morgan fingerprint density at radius 3 is 2.76 bits per heavy atom. The van der Waals surface area contributed by atoms with E-state index in [-0.39, 0.29) is 12.3 Å². The Labute approximate surface area is 145 Å². The summed E-state index contributed by atoms with van der Waals surface area (Å²) in [5.74, 6) is 0.714. The lowest BCUT2D eigenvalue weighted by molar-refractivity contribution is -0.116. The first kappa shape index (κ1) is 16.8. The van der Waals surface area contributed by atoms with Gasteiger partial charge in [0.2, 0.25) is 17.6 Å². The van der Waals surface area contributed by atoms with E-state index in [1.54, 1.807) is 12.3 Å². The third-order valence-electron chi connectivity index (χ3n) is 3.72. The number of nitrogens with one attached hydrogen (secondary N) is 1. The number of nitrogens with zero attached hydrogens (tertiary/aromatic N) is 4. The second-order valence-corrected chi connectivity index (χ2v) is 5.82. The van der Waals surface area contributed by atoms with E-state index in [0.717, 1.165) is 22.6 Å². The summed E-state index contributed by atoms with van der Waals surface area (Å²) in [5, 5.41) is 6.81. The molecule has 3 aromatic heterocycles. The van der Waals surface area contributed by atoms with Gasteiger partial charge < -0.3 is 9.84 Å². The van der Waals surface area contributed by atoms with Gasteiger partial charge in [-0.05, 0) is 44.5 Å². The molecule has 0 saturated heterocycles. The molecule has 128 valence electrons. The van der Waals surface area contributed by atoms with E-state index in [1.165, 1.54) is 0 Å². The topological polar surface area (TPSA) is 93.8 Å². The Morgan fingerprint density at radius 2 is 2.04 bits per heavy atom. The zero-order chi connectivity index (χ0) is 17.8. The zero-order valence-corrected chi connectivity index (χ0v) is 14.4. The van der Waals surface area contributed by atoms with Crippen LogP contribution in [-0.2, 0) is 11.2 Å². The van der Waals surface area contributed by atoms with Crippen LogP contribution in [0.5, 0.6) is 0 Å². The van der Waals surface area contributed by atoms with Crippen molar-refractivity contribution in [2.45, 2.75) is 33.6 Å². The number of anilines is 1. The third-order valence-corrected chi connectivity index (χ3v) is 3.72. The summed E-state index contributed by atoms with van der Waals surface area (Å²) >= 11 is 0. The zero-order valence-electron chi connectivity index (χ0n) is 14.4. The maximum Gasteiger partial charge on any atom is 0.227 e. The molecule has 0 radical (unpaired) electrons. The number of amides is 1. The minimum Gasteiger partial charge on any atom is -0.339 e. The molecule has 0 aromatic carbocycles. The van der Waals surface area contributed by atoms with Crippen LogP contribution in [0, 0.1) is 20.8 Å². The van der Waals surface area contributed by atoms with Gasteiger partial charge in [-0.1, -0.05) is 11.2 Å². The lowest BCUT2D eigenvalue weighted by Gasteiger charge is -2.11. The van der Waals surface area contributed by atoms with E-state index in [4.69, 9.17) is 4.52 Å². The Hall–Kier alpha value is -3.09. The number of hydrogen-bond donors (Lipinski definition) is 1. The lowest BCUT2D eigenvalue weighted by Crippen LogP contribution is -2.15. The summed E-state index contributed by atoms with van der Waals surface area (Å²) in [5.41, 5.74) is 4.13. The van der Waals surface area contributed by atoms with Crippen molar-refractivity contribution in [3.8, 4) is 11.5 Å². The van der Waals surface area contributed by atoms with E-state index in [1.807, 2.05) is 39.0 Å². The van der Waals surface area contributed by atoms with E-state index < -0.39 is 0 Å². The molecule has 0 aliphatic rings. The van der Waals surface area contributed by atoms with Crippen LogP contribution < -0.4 is 5.32 Å². The van der Waals surface area contributed by atoms with Crippen molar-refractivity contribution in [1.82, 2.24) is 20.1 Å². The molecule has 3 heterocycles. The van der Waals surface area contributed by atoms with Gasteiger partial charge in [-0.25, -0.2) is 0 Å². The lowest BCUT2D eigenvalue weighted by atomic mass is 10.1. The third kappa shape index (κ3) is 4.06.